The summed E-state index contributed by atoms with van der Waals surface area (Å²) >= 11 is 0. The molecule has 0 spiro atoms. The molecule has 2 amide bonds. The Morgan fingerprint density at radius 1 is 1.23 bits per heavy atom. The quantitative estimate of drug-likeness (QED) is 0.708. The second-order valence-electron chi connectivity index (χ2n) is 5.83. The molecule has 0 bridgehead atoms. The Labute approximate surface area is 153 Å². The molecule has 0 atom stereocenters. The van der Waals surface area contributed by atoms with Gasteiger partial charge in [-0.3, -0.25) is 19.0 Å². The molecule has 140 valence electrons. The number of nitrogens with one attached hydrogen (secondary N) is 2. The lowest BCUT2D eigenvalue weighted by Crippen LogP contribution is -2.26. The molecule has 0 aliphatic rings. The van der Waals surface area contributed by atoms with Crippen LogP contribution in [0, 0.1) is 6.92 Å². The number of rotatable bonds is 8. The molecule has 0 aliphatic heterocycles. The van der Waals surface area contributed by atoms with E-state index >= 15 is 0 Å². The number of anilines is 1. The van der Waals surface area contributed by atoms with Crippen molar-refractivity contribution in [2.45, 2.75) is 47.2 Å². The normalized spacial score (nSPS) is 11.1. The van der Waals surface area contributed by atoms with Gasteiger partial charge in [0.2, 0.25) is 5.91 Å². The lowest BCUT2D eigenvalue weighted by molar-refractivity contribution is -0.111. The topological polar surface area (TPSA) is 93.8 Å². The van der Waals surface area contributed by atoms with Crippen LogP contribution in [-0.2, 0) is 17.9 Å². The van der Waals surface area contributed by atoms with Crippen LogP contribution in [0.15, 0.2) is 18.5 Å². The average Bonchev–Trinajstić information content (AvgIpc) is 3.21. The second kappa shape index (κ2) is 8.98. The third-order valence-corrected chi connectivity index (χ3v) is 3.95. The van der Waals surface area contributed by atoms with Gasteiger partial charge in [-0.15, -0.1) is 0 Å². The molecule has 0 saturated heterocycles. The van der Waals surface area contributed by atoms with Gasteiger partial charge in [-0.2, -0.15) is 10.2 Å². The fourth-order valence-corrected chi connectivity index (χ4v) is 2.45. The van der Waals surface area contributed by atoms with Gasteiger partial charge in [-0.05, 0) is 33.3 Å². The first-order chi connectivity index (χ1) is 12.5. The van der Waals surface area contributed by atoms with Crippen molar-refractivity contribution >= 4 is 23.6 Å². The monoisotopic (exact) mass is 358 g/mol. The summed E-state index contributed by atoms with van der Waals surface area (Å²) in [5.74, 6) is -0.618. The van der Waals surface area contributed by atoms with E-state index in [1.165, 1.54) is 6.08 Å². The van der Waals surface area contributed by atoms with Crippen molar-refractivity contribution in [1.82, 2.24) is 24.9 Å². The van der Waals surface area contributed by atoms with Gasteiger partial charge in [0.05, 0.1) is 11.9 Å². The first kappa shape index (κ1) is 19.4. The number of carbonyl (C=O) groups excluding carboxylic acids is 2. The molecular formula is C18H26N6O2. The van der Waals surface area contributed by atoms with E-state index < -0.39 is 0 Å². The molecule has 2 aromatic rings. The molecule has 8 heteroatoms. The zero-order chi connectivity index (χ0) is 19.1. The van der Waals surface area contributed by atoms with Crippen LogP contribution in [0.4, 0.5) is 5.69 Å². The molecule has 2 N–H and O–H groups in total. The SMILES string of the molecule is CCCNC(=O)c1nn(CC)cc1NC(=O)/C=C/c1cnn(CC)c1C. The van der Waals surface area contributed by atoms with Crippen LogP contribution >= 0.6 is 0 Å². The molecule has 0 aromatic carbocycles. The van der Waals surface area contributed by atoms with Crippen molar-refractivity contribution in [2.24, 2.45) is 0 Å². The average molecular weight is 358 g/mol. The molecular weight excluding hydrogens is 332 g/mol. The molecule has 26 heavy (non-hydrogen) atoms. The summed E-state index contributed by atoms with van der Waals surface area (Å²) in [4.78, 5) is 24.5. The van der Waals surface area contributed by atoms with Gasteiger partial charge in [0, 0.05) is 43.2 Å². The standard InChI is InChI=1S/C18H26N6O2/c1-5-10-19-18(26)17-15(12-23(6-2)22-17)21-16(25)9-8-14-11-20-24(7-3)13(14)4/h8-9,11-12H,5-7,10H2,1-4H3,(H,19,26)(H,21,25)/b9-8+. The van der Waals surface area contributed by atoms with Crippen molar-refractivity contribution in [1.29, 1.82) is 0 Å². The molecule has 0 radical (unpaired) electrons. The number of amides is 2. The van der Waals surface area contributed by atoms with E-state index in [0.717, 1.165) is 24.2 Å². The number of nitrogens with zero attached hydrogens (tertiary/aromatic N) is 4. The Morgan fingerprint density at radius 2 is 2.00 bits per heavy atom. The minimum atomic E-state index is -0.325. The van der Waals surface area contributed by atoms with Crippen molar-refractivity contribution in [3.05, 3.63) is 35.4 Å². The summed E-state index contributed by atoms with van der Waals surface area (Å²) in [6.07, 6.45) is 7.36. The predicted octanol–water partition coefficient (Wildman–Crippen LogP) is 2.22. The molecule has 0 saturated carbocycles. The fraction of sp³-hybridized carbons (Fsp3) is 0.444. The van der Waals surface area contributed by atoms with Gasteiger partial charge >= 0.3 is 0 Å². The second-order valence-corrected chi connectivity index (χ2v) is 5.83. The highest BCUT2D eigenvalue weighted by Gasteiger charge is 2.17. The maximum absolute atomic E-state index is 12.3. The Morgan fingerprint density at radius 3 is 2.62 bits per heavy atom. The lowest BCUT2D eigenvalue weighted by Gasteiger charge is -2.04. The maximum atomic E-state index is 12.3. The van der Waals surface area contributed by atoms with Crippen molar-refractivity contribution < 1.29 is 9.59 Å². The lowest BCUT2D eigenvalue weighted by atomic mass is 10.2. The van der Waals surface area contributed by atoms with E-state index in [1.54, 1.807) is 23.2 Å². The highest BCUT2D eigenvalue weighted by atomic mass is 16.2. The van der Waals surface area contributed by atoms with E-state index in [0.29, 0.717) is 18.8 Å². The predicted molar refractivity (Wildman–Crippen MR) is 101 cm³/mol. The number of aromatic nitrogens is 4. The molecule has 0 aliphatic carbocycles. The van der Waals surface area contributed by atoms with Crippen LogP contribution in [0.1, 0.15) is 48.9 Å². The fourth-order valence-electron chi connectivity index (χ4n) is 2.45. The first-order valence-electron chi connectivity index (χ1n) is 8.87. The van der Waals surface area contributed by atoms with E-state index in [1.807, 2.05) is 32.4 Å². The summed E-state index contributed by atoms with van der Waals surface area (Å²) in [5.41, 5.74) is 2.50. The van der Waals surface area contributed by atoms with E-state index in [-0.39, 0.29) is 17.5 Å². The number of carbonyl (C=O) groups is 2. The molecule has 2 heterocycles. The van der Waals surface area contributed by atoms with Gasteiger partial charge in [0.25, 0.3) is 5.91 Å². The van der Waals surface area contributed by atoms with Gasteiger partial charge in [0.1, 0.15) is 0 Å². The Kier molecular flexibility index (Phi) is 6.71. The van der Waals surface area contributed by atoms with Gasteiger partial charge in [0.15, 0.2) is 5.69 Å². The van der Waals surface area contributed by atoms with Crippen molar-refractivity contribution in [3.63, 3.8) is 0 Å². The highest BCUT2D eigenvalue weighted by Crippen LogP contribution is 2.15. The zero-order valence-corrected chi connectivity index (χ0v) is 15.7. The van der Waals surface area contributed by atoms with Crippen LogP contribution in [0.25, 0.3) is 6.08 Å². The van der Waals surface area contributed by atoms with Gasteiger partial charge < -0.3 is 10.6 Å². The van der Waals surface area contributed by atoms with Crippen molar-refractivity contribution in [2.75, 3.05) is 11.9 Å². The zero-order valence-electron chi connectivity index (χ0n) is 15.7. The van der Waals surface area contributed by atoms with Crippen LogP contribution in [0.5, 0.6) is 0 Å². The van der Waals surface area contributed by atoms with Crippen molar-refractivity contribution in [3.8, 4) is 0 Å². The van der Waals surface area contributed by atoms with Crippen LogP contribution in [-0.4, -0.2) is 37.9 Å². The van der Waals surface area contributed by atoms with Gasteiger partial charge in [-0.25, -0.2) is 0 Å². The largest absolute Gasteiger partial charge is 0.351 e. The molecule has 8 nitrogen and oxygen atoms in total. The Hall–Kier alpha value is -2.90. The van der Waals surface area contributed by atoms with E-state index in [9.17, 15) is 9.59 Å². The number of hydrogen-bond acceptors (Lipinski definition) is 4. The summed E-state index contributed by atoms with van der Waals surface area (Å²) in [6.45, 7) is 9.80. The van der Waals surface area contributed by atoms with Crippen LogP contribution in [0.2, 0.25) is 0 Å². The number of hydrogen-bond donors (Lipinski definition) is 2. The summed E-state index contributed by atoms with van der Waals surface area (Å²) in [6, 6.07) is 0. The van der Waals surface area contributed by atoms with Crippen LogP contribution < -0.4 is 10.6 Å². The van der Waals surface area contributed by atoms with E-state index in [4.69, 9.17) is 0 Å². The molecule has 2 aromatic heterocycles. The molecule has 0 unspecified atom stereocenters. The summed E-state index contributed by atoms with van der Waals surface area (Å²) in [5, 5.41) is 14.0. The van der Waals surface area contributed by atoms with Gasteiger partial charge in [-0.1, -0.05) is 6.92 Å². The minimum Gasteiger partial charge on any atom is -0.351 e. The summed E-state index contributed by atoms with van der Waals surface area (Å²) < 4.78 is 3.48. The Balaban J connectivity index is 2.12. The highest BCUT2D eigenvalue weighted by molar-refractivity contribution is 6.06. The van der Waals surface area contributed by atoms with Crippen LogP contribution in [0.3, 0.4) is 0 Å². The third kappa shape index (κ3) is 4.59. The van der Waals surface area contributed by atoms with E-state index in [2.05, 4.69) is 20.8 Å². The smallest absolute Gasteiger partial charge is 0.273 e. The molecule has 2 rings (SSSR count). The number of aryl methyl sites for hydroxylation is 2. The maximum Gasteiger partial charge on any atom is 0.273 e. The minimum absolute atomic E-state index is 0.219. The Bertz CT molecular complexity index is 803. The molecule has 0 fully saturated rings. The summed E-state index contributed by atoms with van der Waals surface area (Å²) in [7, 11) is 0. The third-order valence-electron chi connectivity index (χ3n) is 3.95. The first-order valence-corrected chi connectivity index (χ1v) is 8.87.